The maximum Gasteiger partial charge on any atom is 0.253 e. The van der Waals surface area contributed by atoms with E-state index in [9.17, 15) is 4.79 Å². The van der Waals surface area contributed by atoms with E-state index in [0.29, 0.717) is 12.1 Å². The van der Waals surface area contributed by atoms with Crippen molar-refractivity contribution in [2.24, 2.45) is 0 Å². The van der Waals surface area contributed by atoms with Crippen molar-refractivity contribution in [3.63, 3.8) is 0 Å². The van der Waals surface area contributed by atoms with Crippen molar-refractivity contribution in [3.05, 3.63) is 76.5 Å². The minimum absolute atomic E-state index is 0.0984. The van der Waals surface area contributed by atoms with Crippen molar-refractivity contribution in [1.82, 2.24) is 19.7 Å². The van der Waals surface area contributed by atoms with Crippen molar-refractivity contribution in [2.75, 3.05) is 0 Å². The number of thiazole rings is 1. The van der Waals surface area contributed by atoms with Crippen LogP contribution in [0.4, 0.5) is 0 Å². The van der Waals surface area contributed by atoms with Crippen LogP contribution >= 0.6 is 11.3 Å². The topological polar surface area (TPSA) is 59.3 Å². The molecule has 0 saturated carbocycles. The van der Waals surface area contributed by atoms with Gasteiger partial charge in [-0.05, 0) is 42.8 Å². The fourth-order valence-electron chi connectivity index (χ4n) is 2.79. The molecule has 0 radical (unpaired) electrons. The molecule has 4 rings (SSSR count). The van der Waals surface area contributed by atoms with E-state index in [2.05, 4.69) is 15.3 Å². The van der Waals surface area contributed by atoms with E-state index in [-0.39, 0.29) is 5.91 Å². The van der Waals surface area contributed by atoms with Gasteiger partial charge in [0.1, 0.15) is 0 Å². The van der Waals surface area contributed by atoms with Crippen molar-refractivity contribution in [1.29, 1.82) is 0 Å². The van der Waals surface area contributed by atoms with Gasteiger partial charge in [-0.25, -0.2) is 4.98 Å². The molecule has 124 valence electrons. The Kier molecular flexibility index (Phi) is 4.03. The lowest BCUT2D eigenvalue weighted by Gasteiger charge is -2.04. The molecule has 5 nitrogen and oxygen atoms in total. The van der Waals surface area contributed by atoms with E-state index < -0.39 is 0 Å². The third-order valence-corrected chi connectivity index (χ3v) is 4.78. The Labute approximate surface area is 149 Å². The normalized spacial score (nSPS) is 10.9. The second-order valence-electron chi connectivity index (χ2n) is 5.69. The quantitative estimate of drug-likeness (QED) is 0.612. The van der Waals surface area contributed by atoms with Crippen LogP contribution < -0.4 is 5.32 Å². The number of aryl methyl sites for hydroxylation is 1. The first-order chi connectivity index (χ1) is 12.2. The van der Waals surface area contributed by atoms with E-state index in [4.69, 9.17) is 0 Å². The third kappa shape index (κ3) is 3.04. The van der Waals surface area contributed by atoms with Gasteiger partial charge in [-0.2, -0.15) is 0 Å². The van der Waals surface area contributed by atoms with Crippen molar-refractivity contribution in [2.45, 2.75) is 13.5 Å². The van der Waals surface area contributed by atoms with E-state index in [1.165, 1.54) is 0 Å². The number of amides is 1. The van der Waals surface area contributed by atoms with Crippen LogP contribution in [0.2, 0.25) is 0 Å². The molecule has 0 bridgehead atoms. The molecule has 0 aliphatic heterocycles. The van der Waals surface area contributed by atoms with E-state index in [0.717, 1.165) is 27.5 Å². The Balaban J connectivity index is 1.68. The average Bonchev–Trinajstić information content (AvgIpc) is 3.24. The number of pyridine rings is 2. The summed E-state index contributed by atoms with van der Waals surface area (Å²) in [5.74, 6) is -0.0984. The monoisotopic (exact) mass is 348 g/mol. The summed E-state index contributed by atoms with van der Waals surface area (Å²) in [7, 11) is 0. The third-order valence-electron chi connectivity index (χ3n) is 4.00. The van der Waals surface area contributed by atoms with Gasteiger partial charge in [-0.15, -0.1) is 11.3 Å². The van der Waals surface area contributed by atoms with Gasteiger partial charge in [0.05, 0.1) is 27.5 Å². The largest absolute Gasteiger partial charge is 0.348 e. The van der Waals surface area contributed by atoms with Gasteiger partial charge in [0.2, 0.25) is 0 Å². The number of hydrogen-bond acceptors (Lipinski definition) is 4. The first-order valence-corrected chi connectivity index (χ1v) is 8.80. The number of hydrogen-bond donors (Lipinski definition) is 1. The Morgan fingerprint density at radius 3 is 2.84 bits per heavy atom. The highest BCUT2D eigenvalue weighted by molar-refractivity contribution is 7.09. The van der Waals surface area contributed by atoms with Crippen LogP contribution in [-0.2, 0) is 6.54 Å². The molecular weight excluding hydrogens is 332 g/mol. The van der Waals surface area contributed by atoms with Crippen molar-refractivity contribution < 1.29 is 4.79 Å². The summed E-state index contributed by atoms with van der Waals surface area (Å²) in [5, 5.41) is 6.00. The molecule has 0 saturated heterocycles. The predicted molar refractivity (Wildman–Crippen MR) is 98.6 cm³/mol. The Morgan fingerprint density at radius 2 is 2.08 bits per heavy atom. The fourth-order valence-corrected chi connectivity index (χ4v) is 3.40. The first kappa shape index (κ1) is 15.5. The lowest BCUT2D eigenvalue weighted by Crippen LogP contribution is -2.22. The average molecular weight is 348 g/mol. The van der Waals surface area contributed by atoms with E-state index >= 15 is 0 Å². The molecule has 0 atom stereocenters. The molecule has 1 N–H and O–H groups in total. The molecule has 0 fully saturated rings. The van der Waals surface area contributed by atoms with Gasteiger partial charge in [0, 0.05) is 30.5 Å². The molecule has 4 aromatic heterocycles. The van der Waals surface area contributed by atoms with Gasteiger partial charge in [-0.3, -0.25) is 9.78 Å². The van der Waals surface area contributed by atoms with Gasteiger partial charge in [0.15, 0.2) is 0 Å². The SMILES string of the molecule is Cc1nc(-c2cc(C(=O)NCc3ccncc3)c3ccccn23)cs1. The van der Waals surface area contributed by atoms with Crippen LogP contribution in [0.5, 0.6) is 0 Å². The summed E-state index contributed by atoms with van der Waals surface area (Å²) in [6, 6.07) is 11.5. The highest BCUT2D eigenvalue weighted by atomic mass is 32.1. The van der Waals surface area contributed by atoms with Gasteiger partial charge >= 0.3 is 0 Å². The first-order valence-electron chi connectivity index (χ1n) is 7.92. The Hall–Kier alpha value is -2.99. The van der Waals surface area contributed by atoms with Crippen LogP contribution in [0.25, 0.3) is 16.9 Å². The van der Waals surface area contributed by atoms with Gasteiger partial charge < -0.3 is 9.72 Å². The molecular formula is C19H16N4OS. The highest BCUT2D eigenvalue weighted by Gasteiger charge is 2.17. The zero-order chi connectivity index (χ0) is 17.2. The standard InChI is InChI=1S/C19H16N4OS/c1-13-22-16(12-25-13)18-10-15(17-4-2-3-9-23(17)18)19(24)21-11-14-5-7-20-8-6-14/h2-10,12H,11H2,1H3,(H,21,24). The van der Waals surface area contributed by atoms with E-state index in [1.54, 1.807) is 23.7 Å². The zero-order valence-corrected chi connectivity index (χ0v) is 14.5. The maximum absolute atomic E-state index is 12.7. The molecule has 25 heavy (non-hydrogen) atoms. The molecule has 0 aliphatic carbocycles. The van der Waals surface area contributed by atoms with Crippen LogP contribution in [0.15, 0.2) is 60.4 Å². The smallest absolute Gasteiger partial charge is 0.253 e. The zero-order valence-electron chi connectivity index (χ0n) is 13.6. The minimum atomic E-state index is -0.0984. The second-order valence-corrected chi connectivity index (χ2v) is 6.75. The summed E-state index contributed by atoms with van der Waals surface area (Å²) in [6.07, 6.45) is 5.40. The number of nitrogens with zero attached hydrogens (tertiary/aromatic N) is 3. The Morgan fingerprint density at radius 1 is 1.24 bits per heavy atom. The number of carbonyl (C=O) groups excluding carboxylic acids is 1. The predicted octanol–water partition coefficient (Wildman–Crippen LogP) is 3.70. The maximum atomic E-state index is 12.7. The van der Waals surface area contributed by atoms with Crippen LogP contribution in [0.1, 0.15) is 20.9 Å². The molecule has 0 spiro atoms. The molecule has 0 aliphatic rings. The molecule has 6 heteroatoms. The molecule has 4 aromatic rings. The lowest BCUT2D eigenvalue weighted by atomic mass is 10.2. The van der Waals surface area contributed by atoms with Crippen LogP contribution in [0, 0.1) is 6.92 Å². The Bertz CT molecular complexity index is 1040. The van der Waals surface area contributed by atoms with Gasteiger partial charge in [-0.1, -0.05) is 6.07 Å². The van der Waals surface area contributed by atoms with E-state index in [1.807, 2.05) is 59.3 Å². The highest BCUT2D eigenvalue weighted by Crippen LogP contribution is 2.27. The number of carbonyl (C=O) groups is 1. The number of aromatic nitrogens is 3. The summed E-state index contributed by atoms with van der Waals surface area (Å²) >= 11 is 1.60. The molecule has 0 aromatic carbocycles. The van der Waals surface area contributed by atoms with Gasteiger partial charge in [0.25, 0.3) is 5.91 Å². The fraction of sp³-hybridized carbons (Fsp3) is 0.105. The molecule has 1 amide bonds. The van der Waals surface area contributed by atoms with Crippen LogP contribution in [-0.4, -0.2) is 20.3 Å². The second kappa shape index (κ2) is 6.49. The lowest BCUT2D eigenvalue weighted by molar-refractivity contribution is 0.0952. The van der Waals surface area contributed by atoms with Crippen LogP contribution in [0.3, 0.4) is 0 Å². The number of rotatable bonds is 4. The summed E-state index contributed by atoms with van der Waals surface area (Å²) in [5.41, 5.74) is 4.35. The minimum Gasteiger partial charge on any atom is -0.348 e. The van der Waals surface area contributed by atoms with Crippen molar-refractivity contribution >= 4 is 22.8 Å². The summed E-state index contributed by atoms with van der Waals surface area (Å²) in [4.78, 5) is 21.3. The summed E-state index contributed by atoms with van der Waals surface area (Å²) in [6.45, 7) is 2.45. The number of nitrogens with one attached hydrogen (secondary N) is 1. The summed E-state index contributed by atoms with van der Waals surface area (Å²) < 4.78 is 2.01. The van der Waals surface area contributed by atoms with Crippen molar-refractivity contribution in [3.8, 4) is 11.4 Å². The molecule has 4 heterocycles. The molecule has 0 unspecified atom stereocenters. The number of fused-ring (bicyclic) bond motifs is 1.